The first-order chi connectivity index (χ1) is 18.3. The van der Waals surface area contributed by atoms with Crippen LogP contribution >= 0.6 is 11.6 Å². The summed E-state index contributed by atoms with van der Waals surface area (Å²) in [5, 5.41) is 9.32. The zero-order valence-corrected chi connectivity index (χ0v) is 22.2. The quantitative estimate of drug-likeness (QED) is 0.297. The molecule has 0 aliphatic carbocycles. The summed E-state index contributed by atoms with van der Waals surface area (Å²) in [6.45, 7) is 5.40. The molecule has 2 heterocycles. The van der Waals surface area contributed by atoms with E-state index in [1.165, 1.54) is 5.56 Å². The molecule has 200 valence electrons. The van der Waals surface area contributed by atoms with Gasteiger partial charge in [-0.1, -0.05) is 23.7 Å². The number of anilines is 1. The van der Waals surface area contributed by atoms with Crippen LogP contribution in [0.3, 0.4) is 0 Å². The Balaban J connectivity index is 1.38. The van der Waals surface area contributed by atoms with Crippen molar-refractivity contribution in [3.63, 3.8) is 0 Å². The SMILES string of the molecule is CCNC(=O)COc1ccc(Cl)cc1CNC(=O)Cc1c(C)c(NCc2ccc3c(c2)CCO3)c[nH]c1=O. The van der Waals surface area contributed by atoms with Crippen LogP contribution in [0.2, 0.25) is 5.02 Å². The number of benzene rings is 2. The number of amides is 2. The number of H-pyrrole nitrogens is 1. The van der Waals surface area contributed by atoms with E-state index >= 15 is 0 Å². The Morgan fingerprint density at radius 1 is 1.11 bits per heavy atom. The highest BCUT2D eigenvalue weighted by Gasteiger charge is 2.16. The van der Waals surface area contributed by atoms with Crippen LogP contribution in [0.1, 0.15) is 34.7 Å². The lowest BCUT2D eigenvalue weighted by Crippen LogP contribution is -2.30. The fourth-order valence-corrected chi connectivity index (χ4v) is 4.44. The lowest BCUT2D eigenvalue weighted by molar-refractivity contribution is -0.123. The van der Waals surface area contributed by atoms with E-state index in [2.05, 4.69) is 27.0 Å². The summed E-state index contributed by atoms with van der Waals surface area (Å²) in [6, 6.07) is 11.1. The lowest BCUT2D eigenvalue weighted by Gasteiger charge is -2.14. The minimum atomic E-state index is -0.330. The minimum absolute atomic E-state index is 0.0947. The van der Waals surface area contributed by atoms with Gasteiger partial charge in [-0.05, 0) is 54.8 Å². The molecule has 3 aromatic rings. The van der Waals surface area contributed by atoms with E-state index in [9.17, 15) is 14.4 Å². The Bertz CT molecular complexity index is 1390. The lowest BCUT2D eigenvalue weighted by atomic mass is 10.1. The second-order valence-electron chi connectivity index (χ2n) is 8.98. The number of rotatable bonds is 11. The largest absolute Gasteiger partial charge is 0.493 e. The standard InChI is InChI=1S/C28H31ClN4O5/c1-3-30-27(35)16-38-25-7-5-21(29)11-20(25)14-32-26(34)12-22-17(2)23(15-33-28(22)36)31-13-18-4-6-24-19(10-18)8-9-37-24/h4-7,10-11,15,31H,3,8-9,12-14,16H2,1-2H3,(H,30,35)(H,32,34)(H,33,36). The minimum Gasteiger partial charge on any atom is -0.493 e. The summed E-state index contributed by atoms with van der Waals surface area (Å²) in [5.41, 5.74) is 4.45. The van der Waals surface area contributed by atoms with E-state index in [-0.39, 0.29) is 36.9 Å². The molecule has 4 N–H and O–H groups in total. The molecular weight excluding hydrogens is 508 g/mol. The molecular formula is C28H31ClN4O5. The highest BCUT2D eigenvalue weighted by molar-refractivity contribution is 6.30. The molecule has 1 aliphatic heterocycles. The molecule has 0 saturated carbocycles. The van der Waals surface area contributed by atoms with Gasteiger partial charge in [0.15, 0.2) is 6.61 Å². The Hall–Kier alpha value is -3.98. The van der Waals surface area contributed by atoms with Gasteiger partial charge < -0.3 is 30.4 Å². The number of hydrogen-bond acceptors (Lipinski definition) is 6. The molecule has 1 aromatic heterocycles. The molecule has 38 heavy (non-hydrogen) atoms. The van der Waals surface area contributed by atoms with E-state index in [1.807, 2.05) is 26.0 Å². The second-order valence-corrected chi connectivity index (χ2v) is 9.41. The fraction of sp³-hybridized carbons (Fsp3) is 0.321. The van der Waals surface area contributed by atoms with Crippen molar-refractivity contribution >= 4 is 29.1 Å². The van der Waals surface area contributed by atoms with E-state index < -0.39 is 0 Å². The number of fused-ring (bicyclic) bond motifs is 1. The van der Waals surface area contributed by atoms with Crippen LogP contribution in [0.4, 0.5) is 5.69 Å². The normalized spacial score (nSPS) is 11.9. The van der Waals surface area contributed by atoms with Crippen molar-refractivity contribution in [2.75, 3.05) is 25.1 Å². The number of carbonyl (C=O) groups is 2. The molecule has 4 rings (SSSR count). The molecule has 0 fully saturated rings. The first-order valence-electron chi connectivity index (χ1n) is 12.5. The van der Waals surface area contributed by atoms with Crippen molar-refractivity contribution in [2.45, 2.75) is 39.8 Å². The number of pyridine rings is 1. The number of aromatic nitrogens is 1. The molecule has 2 amide bonds. The van der Waals surface area contributed by atoms with E-state index in [0.717, 1.165) is 23.4 Å². The van der Waals surface area contributed by atoms with Gasteiger partial charge in [-0.3, -0.25) is 14.4 Å². The van der Waals surface area contributed by atoms with Gasteiger partial charge >= 0.3 is 0 Å². The molecule has 0 saturated heterocycles. The number of carbonyl (C=O) groups excluding carboxylic acids is 2. The summed E-state index contributed by atoms with van der Waals surface area (Å²) in [4.78, 5) is 39.8. The maximum absolute atomic E-state index is 12.8. The van der Waals surface area contributed by atoms with Crippen molar-refractivity contribution in [1.82, 2.24) is 15.6 Å². The van der Waals surface area contributed by atoms with Crippen LogP contribution in [0.25, 0.3) is 0 Å². The fourth-order valence-electron chi connectivity index (χ4n) is 4.24. The first-order valence-corrected chi connectivity index (χ1v) is 12.9. The third kappa shape index (κ3) is 6.86. The Morgan fingerprint density at radius 2 is 1.95 bits per heavy atom. The number of likely N-dealkylation sites (N-methyl/N-ethyl adjacent to an activating group) is 1. The first kappa shape index (κ1) is 27.1. The topological polar surface area (TPSA) is 122 Å². The molecule has 0 radical (unpaired) electrons. The van der Waals surface area contributed by atoms with Gasteiger partial charge in [-0.25, -0.2) is 0 Å². The van der Waals surface area contributed by atoms with Crippen LogP contribution in [0.15, 0.2) is 47.4 Å². The van der Waals surface area contributed by atoms with Crippen molar-refractivity contribution < 1.29 is 19.1 Å². The van der Waals surface area contributed by atoms with Crippen LogP contribution < -0.4 is 31.0 Å². The van der Waals surface area contributed by atoms with Gasteiger partial charge in [0.2, 0.25) is 5.91 Å². The van der Waals surface area contributed by atoms with Crippen molar-refractivity contribution in [1.29, 1.82) is 0 Å². The summed E-state index contributed by atoms with van der Waals surface area (Å²) >= 11 is 6.13. The smallest absolute Gasteiger partial charge is 0.257 e. The predicted octanol–water partition coefficient (Wildman–Crippen LogP) is 3.26. The zero-order chi connectivity index (χ0) is 27.1. The van der Waals surface area contributed by atoms with Crippen molar-refractivity contribution in [3.8, 4) is 11.5 Å². The summed E-state index contributed by atoms with van der Waals surface area (Å²) in [7, 11) is 0. The van der Waals surface area contributed by atoms with Gasteiger partial charge in [0.1, 0.15) is 11.5 Å². The van der Waals surface area contributed by atoms with E-state index in [0.29, 0.717) is 47.2 Å². The molecule has 9 nitrogen and oxygen atoms in total. The van der Waals surface area contributed by atoms with Gasteiger partial charge in [0.05, 0.1) is 18.7 Å². The maximum atomic E-state index is 12.8. The monoisotopic (exact) mass is 538 g/mol. The Morgan fingerprint density at radius 3 is 2.76 bits per heavy atom. The van der Waals surface area contributed by atoms with Gasteiger partial charge in [0.25, 0.3) is 11.5 Å². The molecule has 0 unspecified atom stereocenters. The predicted molar refractivity (Wildman–Crippen MR) is 146 cm³/mol. The van der Waals surface area contributed by atoms with E-state index in [4.69, 9.17) is 21.1 Å². The van der Waals surface area contributed by atoms with Crippen LogP contribution in [0.5, 0.6) is 11.5 Å². The second kappa shape index (κ2) is 12.5. The summed E-state index contributed by atoms with van der Waals surface area (Å²) in [6.07, 6.45) is 2.43. The number of hydrogen-bond donors (Lipinski definition) is 4. The van der Waals surface area contributed by atoms with Gasteiger partial charge in [-0.15, -0.1) is 0 Å². The highest BCUT2D eigenvalue weighted by atomic mass is 35.5. The molecule has 0 spiro atoms. The Kier molecular flexibility index (Phi) is 8.91. The molecule has 0 bridgehead atoms. The van der Waals surface area contributed by atoms with Crippen molar-refractivity contribution in [2.24, 2.45) is 0 Å². The average Bonchev–Trinajstić information content (AvgIpc) is 3.37. The summed E-state index contributed by atoms with van der Waals surface area (Å²) < 4.78 is 11.2. The highest BCUT2D eigenvalue weighted by Crippen LogP contribution is 2.27. The number of ether oxygens (including phenoxy) is 2. The zero-order valence-electron chi connectivity index (χ0n) is 21.4. The third-order valence-electron chi connectivity index (χ3n) is 6.28. The maximum Gasteiger partial charge on any atom is 0.257 e. The average molecular weight is 539 g/mol. The van der Waals surface area contributed by atoms with Crippen LogP contribution in [-0.2, 0) is 35.5 Å². The Labute approximate surface area is 225 Å². The number of halogens is 1. The molecule has 1 aliphatic rings. The van der Waals surface area contributed by atoms with Crippen LogP contribution in [0, 0.1) is 6.92 Å². The molecule has 2 aromatic carbocycles. The third-order valence-corrected chi connectivity index (χ3v) is 6.52. The molecule has 10 heteroatoms. The van der Waals surface area contributed by atoms with E-state index in [1.54, 1.807) is 24.4 Å². The number of aromatic amines is 1. The summed E-state index contributed by atoms with van der Waals surface area (Å²) in [5.74, 6) is 0.801. The van der Waals surface area contributed by atoms with Crippen molar-refractivity contribution in [3.05, 3.63) is 85.8 Å². The molecule has 0 atom stereocenters. The van der Waals surface area contributed by atoms with Crippen LogP contribution in [-0.4, -0.2) is 36.6 Å². The van der Waals surface area contributed by atoms with Gasteiger partial charge in [-0.2, -0.15) is 0 Å². The number of nitrogens with one attached hydrogen (secondary N) is 4. The van der Waals surface area contributed by atoms with Gasteiger partial charge in [0, 0.05) is 48.4 Å².